The summed E-state index contributed by atoms with van der Waals surface area (Å²) in [5.74, 6) is -1.87. The Morgan fingerprint density at radius 1 is 1.21 bits per heavy atom. The fourth-order valence-corrected chi connectivity index (χ4v) is 5.98. The van der Waals surface area contributed by atoms with Crippen LogP contribution in [0.15, 0.2) is 17.1 Å². The van der Waals surface area contributed by atoms with Gasteiger partial charge in [-0.15, -0.1) is 0 Å². The van der Waals surface area contributed by atoms with Crippen LogP contribution >= 0.6 is 7.75 Å². The molecular formula is C21H27FN3O7P. The van der Waals surface area contributed by atoms with Gasteiger partial charge in [0.05, 0.1) is 18.0 Å². The van der Waals surface area contributed by atoms with Crippen LogP contribution in [0.3, 0.4) is 0 Å². The number of benzene rings is 1. The van der Waals surface area contributed by atoms with Gasteiger partial charge in [-0.2, -0.15) is 0 Å². The average Bonchev–Trinajstić information content (AvgIpc) is 3.63. The van der Waals surface area contributed by atoms with Crippen LogP contribution in [0.2, 0.25) is 0 Å². The van der Waals surface area contributed by atoms with Crippen molar-refractivity contribution in [2.24, 2.45) is 0 Å². The van der Waals surface area contributed by atoms with Gasteiger partial charge in [-0.25, -0.2) is 18.4 Å². The Kier molecular flexibility index (Phi) is 6.26. The lowest BCUT2D eigenvalue weighted by Gasteiger charge is -2.42. The van der Waals surface area contributed by atoms with Gasteiger partial charge in [-0.05, 0) is 25.8 Å². The molecule has 12 heteroatoms. The molecule has 1 aliphatic carbocycles. The van der Waals surface area contributed by atoms with Crippen LogP contribution in [0.5, 0.6) is 5.75 Å². The molecule has 0 spiro atoms. The molecule has 33 heavy (non-hydrogen) atoms. The zero-order chi connectivity index (χ0) is 24.1. The first-order valence-corrected chi connectivity index (χ1v) is 12.1. The van der Waals surface area contributed by atoms with E-state index in [1.54, 1.807) is 14.1 Å². The number of methoxy groups -OCH3 is 1. The van der Waals surface area contributed by atoms with Crippen molar-refractivity contribution < 1.29 is 32.6 Å². The van der Waals surface area contributed by atoms with Gasteiger partial charge in [0.1, 0.15) is 11.3 Å². The summed E-state index contributed by atoms with van der Waals surface area (Å²) in [4.78, 5) is 26.2. The maximum absolute atomic E-state index is 15.5. The Hall–Kier alpha value is -2.46. The summed E-state index contributed by atoms with van der Waals surface area (Å²) in [7, 11) is 0.578. The lowest BCUT2D eigenvalue weighted by Crippen LogP contribution is -2.51. The highest BCUT2D eigenvalue weighted by Gasteiger charge is 2.40. The average molecular weight is 483 g/mol. The number of carbonyl (C=O) groups is 1. The Morgan fingerprint density at radius 2 is 1.88 bits per heavy atom. The van der Waals surface area contributed by atoms with Gasteiger partial charge in [0, 0.05) is 52.1 Å². The molecule has 2 aromatic rings. The molecule has 1 unspecified atom stereocenters. The predicted molar refractivity (Wildman–Crippen MR) is 120 cm³/mol. The molecule has 0 bridgehead atoms. The van der Waals surface area contributed by atoms with Crippen molar-refractivity contribution in [3.63, 3.8) is 0 Å². The molecule has 180 valence electrons. The Bertz CT molecular complexity index is 1200. The van der Waals surface area contributed by atoms with E-state index >= 15 is 4.39 Å². The highest BCUT2D eigenvalue weighted by molar-refractivity contribution is 7.51. The van der Waals surface area contributed by atoms with Gasteiger partial charge in [0.2, 0.25) is 5.43 Å². The van der Waals surface area contributed by atoms with Gasteiger partial charge < -0.3 is 19.3 Å². The van der Waals surface area contributed by atoms with Crippen molar-refractivity contribution in [3.05, 3.63) is 33.9 Å². The minimum absolute atomic E-state index is 0.0171. The normalized spacial score (nSPS) is 19.8. The summed E-state index contributed by atoms with van der Waals surface area (Å²) in [6, 6.07) is 0.806. The Balaban J connectivity index is 1.85. The van der Waals surface area contributed by atoms with Crippen molar-refractivity contribution in [2.45, 2.75) is 31.8 Å². The minimum atomic E-state index is -3.45. The van der Waals surface area contributed by atoms with Crippen LogP contribution in [0.25, 0.3) is 10.9 Å². The summed E-state index contributed by atoms with van der Waals surface area (Å²) < 4.78 is 47.5. The number of rotatable bonds is 7. The number of halogens is 1. The second-order valence-corrected chi connectivity index (χ2v) is 10.4. The van der Waals surface area contributed by atoms with Crippen LogP contribution in [-0.2, 0) is 13.6 Å². The quantitative estimate of drug-likeness (QED) is 0.594. The minimum Gasteiger partial charge on any atom is -0.492 e. The first-order valence-electron chi connectivity index (χ1n) is 10.6. The number of carboxylic acids is 1. The summed E-state index contributed by atoms with van der Waals surface area (Å²) in [6.07, 6.45) is 2.97. The predicted octanol–water partition coefficient (Wildman–Crippen LogP) is 3.09. The molecule has 0 amide bonds. The molecule has 1 aromatic heterocycles. The molecule has 1 aliphatic heterocycles. The van der Waals surface area contributed by atoms with E-state index in [9.17, 15) is 19.3 Å². The van der Waals surface area contributed by atoms with Crippen molar-refractivity contribution in [1.82, 2.24) is 9.24 Å². The first kappa shape index (κ1) is 23.7. The summed E-state index contributed by atoms with van der Waals surface area (Å²) >= 11 is 0. The fraction of sp³-hybridized carbons (Fsp3) is 0.524. The summed E-state index contributed by atoms with van der Waals surface area (Å²) in [5.41, 5.74) is -0.600. The van der Waals surface area contributed by atoms with E-state index < -0.39 is 30.5 Å². The smallest absolute Gasteiger partial charge is 0.407 e. The molecule has 0 radical (unpaired) electrons. The van der Waals surface area contributed by atoms with E-state index in [0.29, 0.717) is 18.6 Å². The number of ether oxygens (including phenoxy) is 1. The molecule has 1 N–H and O–H groups in total. The number of hydrogen-bond acceptors (Lipinski definition) is 7. The maximum Gasteiger partial charge on any atom is 0.407 e. The van der Waals surface area contributed by atoms with Crippen LogP contribution < -0.4 is 15.1 Å². The van der Waals surface area contributed by atoms with E-state index in [4.69, 9.17) is 13.8 Å². The molecule has 1 saturated heterocycles. The molecule has 10 nitrogen and oxygen atoms in total. The number of piperazine rings is 1. The van der Waals surface area contributed by atoms with E-state index in [1.807, 2.05) is 6.92 Å². The van der Waals surface area contributed by atoms with Crippen LogP contribution in [0, 0.1) is 5.82 Å². The number of hydrogen-bond donors (Lipinski definition) is 1. The largest absolute Gasteiger partial charge is 0.492 e. The topological polar surface area (TPSA) is 111 Å². The van der Waals surface area contributed by atoms with Crippen LogP contribution in [0.1, 0.15) is 36.2 Å². The van der Waals surface area contributed by atoms with Gasteiger partial charge in [-0.1, -0.05) is 0 Å². The second-order valence-electron chi connectivity index (χ2n) is 8.24. The lowest BCUT2D eigenvalue weighted by atomic mass is 10.1. The van der Waals surface area contributed by atoms with E-state index in [1.165, 1.54) is 27.5 Å². The zero-order valence-corrected chi connectivity index (χ0v) is 19.8. The third-order valence-electron chi connectivity index (χ3n) is 6.26. The molecule has 2 fully saturated rings. The van der Waals surface area contributed by atoms with Crippen molar-refractivity contribution in [3.8, 4) is 5.75 Å². The van der Waals surface area contributed by atoms with E-state index in [-0.39, 0.29) is 35.5 Å². The van der Waals surface area contributed by atoms with Gasteiger partial charge in [0.15, 0.2) is 11.6 Å². The van der Waals surface area contributed by atoms with Crippen molar-refractivity contribution in [2.75, 3.05) is 45.9 Å². The highest BCUT2D eigenvalue weighted by atomic mass is 31.2. The molecule has 2 heterocycles. The van der Waals surface area contributed by atoms with Crippen molar-refractivity contribution in [1.29, 1.82) is 0 Å². The van der Waals surface area contributed by atoms with Crippen LogP contribution in [-0.4, -0.2) is 67.3 Å². The number of nitrogens with zero attached hydrogens (tertiary/aromatic N) is 3. The summed E-state index contributed by atoms with van der Waals surface area (Å²) in [6.45, 7) is 2.73. The van der Waals surface area contributed by atoms with Crippen molar-refractivity contribution >= 4 is 30.3 Å². The maximum atomic E-state index is 15.5. The number of pyridine rings is 1. The fourth-order valence-electron chi connectivity index (χ4n) is 4.52. The number of carboxylic acid groups (broad SMARTS) is 1. The van der Waals surface area contributed by atoms with Crippen LogP contribution in [0.4, 0.5) is 10.1 Å². The van der Waals surface area contributed by atoms with E-state index in [0.717, 1.165) is 18.9 Å². The number of fused-ring (bicyclic) bond motifs is 1. The Labute approximate surface area is 190 Å². The van der Waals surface area contributed by atoms with Gasteiger partial charge in [0.25, 0.3) is 0 Å². The first-order chi connectivity index (χ1) is 15.7. The summed E-state index contributed by atoms with van der Waals surface area (Å²) in [5, 5.41) is 9.44. The third kappa shape index (κ3) is 3.93. The molecule has 4 rings (SSSR count). The van der Waals surface area contributed by atoms with Gasteiger partial charge in [-0.3, -0.25) is 13.8 Å². The number of aromatic carboxylic acids is 1. The molecule has 1 atom stereocenters. The highest BCUT2D eigenvalue weighted by Crippen LogP contribution is 2.53. The SMILES string of the molecule is COc1c(N2CCN(P(=O)(OC)OC)C(C)C2)c(F)cc2c(=O)c(C(=O)O)cn(C3CC3)c12. The monoisotopic (exact) mass is 483 g/mol. The van der Waals surface area contributed by atoms with Gasteiger partial charge >= 0.3 is 13.7 Å². The molecule has 1 aromatic carbocycles. The zero-order valence-electron chi connectivity index (χ0n) is 18.9. The van der Waals surface area contributed by atoms with E-state index in [2.05, 4.69) is 0 Å². The molecular weight excluding hydrogens is 456 g/mol. The third-order valence-corrected chi connectivity index (χ3v) is 8.40. The lowest BCUT2D eigenvalue weighted by molar-refractivity contribution is 0.0694. The number of aromatic nitrogens is 1. The Morgan fingerprint density at radius 3 is 2.39 bits per heavy atom. The number of anilines is 1. The second kappa shape index (κ2) is 8.72. The molecule has 1 saturated carbocycles. The standard InChI is InChI=1S/C21H27FN3O7P/c1-12-10-23(7-8-25(12)33(29,31-3)32-4)18-16(22)9-14-17(20(18)30-2)24(13-5-6-13)11-15(19(14)26)21(27)28/h9,11-13H,5-8,10H2,1-4H3,(H,27,28). The molecule has 2 aliphatic rings.